The van der Waals surface area contributed by atoms with Gasteiger partial charge in [-0.2, -0.15) is 0 Å². The van der Waals surface area contributed by atoms with Crippen molar-refractivity contribution in [3.8, 4) is 0 Å². The number of hydrogen-bond donors (Lipinski definition) is 3. The van der Waals surface area contributed by atoms with E-state index >= 15 is 0 Å². The van der Waals surface area contributed by atoms with Crippen LogP contribution in [0.4, 0.5) is 0 Å². The maximum atomic E-state index is 13.3. The van der Waals surface area contributed by atoms with E-state index in [1.54, 1.807) is 17.9 Å². The number of aromatic nitrogens is 1. The predicted octanol–water partition coefficient (Wildman–Crippen LogP) is 2.01. The highest BCUT2D eigenvalue weighted by Crippen LogP contribution is 2.43. The molecule has 4 N–H and O–H groups in total. The van der Waals surface area contributed by atoms with Gasteiger partial charge in [-0.1, -0.05) is 36.4 Å². The fourth-order valence-corrected chi connectivity index (χ4v) is 4.13. The van der Waals surface area contributed by atoms with Crippen molar-refractivity contribution < 1.29 is 14.4 Å². The largest absolute Gasteiger partial charge is 0.368 e. The molecule has 0 bridgehead atoms. The Bertz CT molecular complexity index is 1130. The Kier molecular flexibility index (Phi) is 4.58. The molecule has 0 spiro atoms. The van der Waals surface area contributed by atoms with Crippen LogP contribution in [0.25, 0.3) is 10.9 Å². The highest BCUT2D eigenvalue weighted by molar-refractivity contribution is 6.03. The summed E-state index contributed by atoms with van der Waals surface area (Å²) < 4.78 is 0. The lowest BCUT2D eigenvalue weighted by Crippen LogP contribution is -2.48. The quantitative estimate of drug-likeness (QED) is 0.620. The summed E-state index contributed by atoms with van der Waals surface area (Å²) in [6, 6.07) is 14.1. The summed E-state index contributed by atoms with van der Waals surface area (Å²) in [5.41, 5.74) is 9.46. The van der Waals surface area contributed by atoms with Crippen LogP contribution in [0.5, 0.6) is 0 Å². The van der Waals surface area contributed by atoms with Crippen molar-refractivity contribution in [2.75, 3.05) is 6.54 Å². The lowest BCUT2D eigenvalue weighted by atomic mass is 9.95. The average Bonchev–Trinajstić information content (AvgIpc) is 3.18. The Hall–Kier alpha value is -3.61. The molecule has 29 heavy (non-hydrogen) atoms. The van der Waals surface area contributed by atoms with Crippen LogP contribution in [0.2, 0.25) is 0 Å². The predicted molar refractivity (Wildman–Crippen MR) is 109 cm³/mol. The smallest absolute Gasteiger partial charge is 0.255 e. The number of fused-ring (bicyclic) bond motifs is 2. The Morgan fingerprint density at radius 2 is 1.86 bits per heavy atom. The Labute approximate surface area is 167 Å². The number of amides is 3. The van der Waals surface area contributed by atoms with Gasteiger partial charge in [0.1, 0.15) is 6.04 Å². The van der Waals surface area contributed by atoms with Gasteiger partial charge in [-0.25, -0.2) is 0 Å². The molecular weight excluding hydrogens is 368 g/mol. The molecule has 4 rings (SSSR count). The van der Waals surface area contributed by atoms with Crippen LogP contribution in [0, 0.1) is 6.92 Å². The van der Waals surface area contributed by atoms with E-state index in [1.807, 2.05) is 49.4 Å². The molecule has 3 aromatic rings. The third-order valence-corrected chi connectivity index (χ3v) is 5.45. The normalized spacial score (nSPS) is 16.7. The van der Waals surface area contributed by atoms with E-state index in [0.717, 1.165) is 27.7 Å². The molecule has 0 fully saturated rings. The summed E-state index contributed by atoms with van der Waals surface area (Å²) in [6.45, 7) is 3.36. The number of para-hydroxylation sites is 1. The molecule has 1 aliphatic heterocycles. The number of benzene rings is 2. The van der Waals surface area contributed by atoms with Crippen molar-refractivity contribution >= 4 is 28.6 Å². The SMILES string of the molecule is Cc1[nH]c2ccccc2c1C1c2ccccc2C(=O)N1C(C)C(=O)NCC(N)=O. The monoisotopic (exact) mass is 390 g/mol. The van der Waals surface area contributed by atoms with Gasteiger partial charge >= 0.3 is 0 Å². The zero-order valence-corrected chi connectivity index (χ0v) is 16.2. The Balaban J connectivity index is 1.84. The number of nitrogens with zero attached hydrogens (tertiary/aromatic N) is 1. The fourth-order valence-electron chi connectivity index (χ4n) is 4.13. The van der Waals surface area contributed by atoms with Crippen molar-refractivity contribution in [1.82, 2.24) is 15.2 Å². The lowest BCUT2D eigenvalue weighted by Gasteiger charge is -2.31. The Morgan fingerprint density at radius 3 is 2.62 bits per heavy atom. The van der Waals surface area contributed by atoms with Crippen LogP contribution in [-0.4, -0.2) is 40.2 Å². The zero-order valence-electron chi connectivity index (χ0n) is 16.2. The van der Waals surface area contributed by atoms with Crippen molar-refractivity contribution in [1.29, 1.82) is 0 Å². The number of hydrogen-bond acceptors (Lipinski definition) is 3. The van der Waals surface area contributed by atoms with Gasteiger partial charge in [0.2, 0.25) is 11.8 Å². The Morgan fingerprint density at radius 1 is 1.17 bits per heavy atom. The van der Waals surface area contributed by atoms with Crippen LogP contribution < -0.4 is 11.1 Å². The average molecular weight is 390 g/mol. The summed E-state index contributed by atoms with van der Waals surface area (Å²) in [6.07, 6.45) is 0. The first-order valence-electron chi connectivity index (χ1n) is 9.45. The number of carbonyl (C=O) groups excluding carboxylic acids is 3. The van der Waals surface area contributed by atoms with Crippen LogP contribution in [0.1, 0.15) is 40.1 Å². The molecular formula is C22H22N4O3. The zero-order chi connectivity index (χ0) is 20.7. The second-order valence-corrected chi connectivity index (χ2v) is 7.27. The van der Waals surface area contributed by atoms with Gasteiger partial charge in [0.05, 0.1) is 12.6 Å². The number of nitrogens with one attached hydrogen (secondary N) is 2. The molecule has 2 aromatic carbocycles. The maximum absolute atomic E-state index is 13.3. The van der Waals surface area contributed by atoms with E-state index in [9.17, 15) is 14.4 Å². The van der Waals surface area contributed by atoms with Crippen molar-refractivity contribution in [2.45, 2.75) is 25.9 Å². The number of rotatable bonds is 5. The third-order valence-electron chi connectivity index (χ3n) is 5.45. The van der Waals surface area contributed by atoms with Gasteiger partial charge < -0.3 is 20.9 Å². The number of aromatic amines is 1. The standard InChI is InChI=1S/C22H22N4O3/c1-12-19(16-9-5-6-10-17(16)25-12)20-14-7-3-4-8-15(14)22(29)26(20)13(2)21(28)24-11-18(23)27/h3-10,13,20,25H,11H2,1-2H3,(H2,23,27)(H,24,28). The molecule has 7 heteroatoms. The molecule has 0 aliphatic carbocycles. The molecule has 2 unspecified atom stereocenters. The second kappa shape index (κ2) is 7.09. The number of H-pyrrole nitrogens is 1. The summed E-state index contributed by atoms with van der Waals surface area (Å²) in [5, 5.41) is 3.52. The van der Waals surface area contributed by atoms with Gasteiger partial charge in [-0.3, -0.25) is 14.4 Å². The molecule has 1 aromatic heterocycles. The van der Waals surface area contributed by atoms with E-state index in [4.69, 9.17) is 5.73 Å². The molecule has 0 saturated heterocycles. The first-order valence-corrected chi connectivity index (χ1v) is 9.45. The topological polar surface area (TPSA) is 108 Å². The highest BCUT2D eigenvalue weighted by atomic mass is 16.2. The molecule has 0 saturated carbocycles. The number of primary amides is 1. The summed E-state index contributed by atoms with van der Waals surface area (Å²) in [4.78, 5) is 42.0. The first-order chi connectivity index (χ1) is 13.9. The first kappa shape index (κ1) is 18.7. The number of carbonyl (C=O) groups is 3. The highest BCUT2D eigenvalue weighted by Gasteiger charge is 2.43. The number of aryl methyl sites for hydroxylation is 1. The molecule has 2 heterocycles. The van der Waals surface area contributed by atoms with E-state index < -0.39 is 23.9 Å². The van der Waals surface area contributed by atoms with Crippen LogP contribution in [0.15, 0.2) is 48.5 Å². The van der Waals surface area contributed by atoms with Crippen molar-refractivity contribution in [3.05, 3.63) is 70.9 Å². The van der Waals surface area contributed by atoms with E-state index in [2.05, 4.69) is 10.3 Å². The van der Waals surface area contributed by atoms with Gasteiger partial charge in [-0.05, 0) is 31.5 Å². The minimum Gasteiger partial charge on any atom is -0.368 e. The minimum absolute atomic E-state index is 0.211. The van der Waals surface area contributed by atoms with Gasteiger partial charge in [0.15, 0.2) is 0 Å². The maximum Gasteiger partial charge on any atom is 0.255 e. The molecule has 2 atom stereocenters. The second-order valence-electron chi connectivity index (χ2n) is 7.27. The summed E-state index contributed by atoms with van der Waals surface area (Å²) in [7, 11) is 0. The van der Waals surface area contributed by atoms with Gasteiger partial charge in [0, 0.05) is 27.7 Å². The van der Waals surface area contributed by atoms with Gasteiger partial charge in [-0.15, -0.1) is 0 Å². The van der Waals surface area contributed by atoms with Crippen LogP contribution in [0.3, 0.4) is 0 Å². The summed E-state index contributed by atoms with van der Waals surface area (Å²) in [5.74, 6) is -1.27. The molecule has 0 radical (unpaired) electrons. The minimum atomic E-state index is -0.785. The molecule has 7 nitrogen and oxygen atoms in total. The molecule has 3 amide bonds. The lowest BCUT2D eigenvalue weighted by molar-refractivity contribution is -0.128. The van der Waals surface area contributed by atoms with E-state index in [1.165, 1.54) is 0 Å². The van der Waals surface area contributed by atoms with Crippen molar-refractivity contribution in [3.63, 3.8) is 0 Å². The summed E-state index contributed by atoms with van der Waals surface area (Å²) >= 11 is 0. The molecule has 1 aliphatic rings. The van der Waals surface area contributed by atoms with Gasteiger partial charge in [0.25, 0.3) is 5.91 Å². The van der Waals surface area contributed by atoms with Crippen LogP contribution >= 0.6 is 0 Å². The molecule has 148 valence electrons. The van der Waals surface area contributed by atoms with E-state index in [0.29, 0.717) is 5.56 Å². The van der Waals surface area contributed by atoms with Crippen LogP contribution in [-0.2, 0) is 9.59 Å². The van der Waals surface area contributed by atoms with Crippen molar-refractivity contribution in [2.24, 2.45) is 5.73 Å². The number of nitrogens with two attached hydrogens (primary N) is 1. The fraction of sp³-hybridized carbons (Fsp3) is 0.227. The third kappa shape index (κ3) is 3.04. The van der Waals surface area contributed by atoms with E-state index in [-0.39, 0.29) is 12.5 Å².